The number of nitriles is 1. The summed E-state index contributed by atoms with van der Waals surface area (Å²) in [4.78, 5) is 17.6. The van der Waals surface area contributed by atoms with Gasteiger partial charge in [-0.1, -0.05) is 54.2 Å². The van der Waals surface area contributed by atoms with Gasteiger partial charge in [0.1, 0.15) is 18.2 Å². The summed E-state index contributed by atoms with van der Waals surface area (Å²) in [6.45, 7) is 0.420. The van der Waals surface area contributed by atoms with Gasteiger partial charge in [-0.05, 0) is 42.0 Å². The average Bonchev–Trinajstić information content (AvgIpc) is 3.28. The molecule has 0 unspecified atom stereocenters. The van der Waals surface area contributed by atoms with Crippen LogP contribution in [0, 0.1) is 17.1 Å². The third-order valence-corrected chi connectivity index (χ3v) is 6.47. The summed E-state index contributed by atoms with van der Waals surface area (Å²) in [6.07, 6.45) is 0. The highest BCUT2D eigenvalue weighted by Crippen LogP contribution is 2.27. The van der Waals surface area contributed by atoms with Crippen molar-refractivity contribution in [2.45, 2.75) is 24.0 Å². The Morgan fingerprint density at radius 2 is 1.66 bits per heavy atom. The van der Waals surface area contributed by atoms with Crippen molar-refractivity contribution < 1.29 is 4.39 Å². The Bertz CT molecular complexity index is 1590. The van der Waals surface area contributed by atoms with Gasteiger partial charge in [-0.25, -0.2) is 9.37 Å². The number of halogens is 1. The van der Waals surface area contributed by atoms with Gasteiger partial charge in [0.15, 0.2) is 11.0 Å². The second-order valence-electron chi connectivity index (χ2n) is 7.77. The predicted molar refractivity (Wildman–Crippen MR) is 132 cm³/mol. The van der Waals surface area contributed by atoms with E-state index in [2.05, 4.69) is 21.3 Å². The van der Waals surface area contributed by atoms with Gasteiger partial charge in [0.2, 0.25) is 0 Å². The fraction of sp³-hybridized carbons (Fsp3) is 0.115. The van der Waals surface area contributed by atoms with Gasteiger partial charge in [0.05, 0.1) is 29.3 Å². The van der Waals surface area contributed by atoms with Gasteiger partial charge < -0.3 is 0 Å². The molecule has 2 heterocycles. The lowest BCUT2D eigenvalue weighted by atomic mass is 10.2. The van der Waals surface area contributed by atoms with Crippen molar-refractivity contribution in [1.29, 1.82) is 5.26 Å². The topological polar surface area (TPSA) is 89.4 Å². The lowest BCUT2D eigenvalue weighted by Crippen LogP contribution is -2.24. The molecular formula is C26H19FN6OS. The van der Waals surface area contributed by atoms with Crippen LogP contribution in [-0.2, 0) is 18.8 Å². The summed E-state index contributed by atoms with van der Waals surface area (Å²) in [5.41, 5.74) is 2.14. The summed E-state index contributed by atoms with van der Waals surface area (Å²) in [5.74, 6) is 1.09. The third kappa shape index (κ3) is 4.69. The standard InChI is InChI=1S/C26H19FN6OS/c27-20-12-10-19(11-13-20)24-30-31-26(33(24)16-18-6-2-1-3-7-18)35-17-23-29-22-9-5-4-8-21(22)25(34)32(23)15-14-28/h1-13H,15-17H2. The first kappa shape index (κ1) is 22.5. The summed E-state index contributed by atoms with van der Waals surface area (Å²) >= 11 is 1.38. The Hall–Kier alpha value is -4.29. The van der Waals surface area contributed by atoms with Crippen LogP contribution in [0.25, 0.3) is 22.3 Å². The van der Waals surface area contributed by atoms with E-state index < -0.39 is 0 Å². The van der Waals surface area contributed by atoms with Gasteiger partial charge in [0, 0.05) is 5.56 Å². The number of thioether (sulfide) groups is 1. The molecule has 0 N–H and O–H groups in total. The van der Waals surface area contributed by atoms with E-state index in [9.17, 15) is 14.4 Å². The molecule has 2 aromatic heterocycles. The molecule has 0 radical (unpaired) electrons. The number of nitrogens with zero attached hydrogens (tertiary/aromatic N) is 6. The Balaban J connectivity index is 1.53. The maximum atomic E-state index is 13.5. The predicted octanol–water partition coefficient (Wildman–Crippen LogP) is 4.66. The number of benzene rings is 3. The molecule has 0 fully saturated rings. The normalized spacial score (nSPS) is 11.0. The highest BCUT2D eigenvalue weighted by molar-refractivity contribution is 7.98. The van der Waals surface area contributed by atoms with Crippen molar-refractivity contribution in [2.75, 3.05) is 0 Å². The van der Waals surface area contributed by atoms with Crippen LogP contribution in [0.15, 0.2) is 88.8 Å². The number of fused-ring (bicyclic) bond motifs is 1. The van der Waals surface area contributed by atoms with E-state index in [0.29, 0.717) is 40.0 Å². The summed E-state index contributed by atoms with van der Waals surface area (Å²) in [5, 5.41) is 19.2. The minimum absolute atomic E-state index is 0.0932. The highest BCUT2D eigenvalue weighted by Gasteiger charge is 2.17. The third-order valence-electron chi connectivity index (χ3n) is 5.50. The van der Waals surface area contributed by atoms with Crippen LogP contribution < -0.4 is 5.56 Å². The van der Waals surface area contributed by atoms with Crippen molar-refractivity contribution in [3.8, 4) is 17.5 Å². The minimum Gasteiger partial charge on any atom is -0.298 e. The van der Waals surface area contributed by atoms with Crippen molar-refractivity contribution in [3.05, 3.63) is 106 Å². The number of aromatic nitrogens is 5. The van der Waals surface area contributed by atoms with E-state index in [4.69, 9.17) is 0 Å². The number of para-hydroxylation sites is 1. The number of rotatable bonds is 7. The van der Waals surface area contributed by atoms with Crippen LogP contribution in [0.1, 0.15) is 11.4 Å². The van der Waals surface area contributed by atoms with Crippen molar-refractivity contribution >= 4 is 22.7 Å². The van der Waals surface area contributed by atoms with Crippen LogP contribution in [0.4, 0.5) is 4.39 Å². The molecule has 0 atom stereocenters. The maximum absolute atomic E-state index is 13.5. The molecule has 0 saturated heterocycles. The molecule has 35 heavy (non-hydrogen) atoms. The Morgan fingerprint density at radius 1 is 0.914 bits per heavy atom. The zero-order chi connectivity index (χ0) is 24.2. The molecule has 0 bridgehead atoms. The van der Waals surface area contributed by atoms with Crippen LogP contribution in [0.3, 0.4) is 0 Å². The smallest absolute Gasteiger partial charge is 0.262 e. The molecule has 9 heteroatoms. The zero-order valence-corrected chi connectivity index (χ0v) is 19.3. The van der Waals surface area contributed by atoms with Crippen LogP contribution in [-0.4, -0.2) is 24.3 Å². The van der Waals surface area contributed by atoms with Crippen molar-refractivity contribution in [2.24, 2.45) is 0 Å². The second-order valence-corrected chi connectivity index (χ2v) is 8.71. The van der Waals surface area contributed by atoms with E-state index in [1.807, 2.05) is 41.0 Å². The fourth-order valence-electron chi connectivity index (χ4n) is 3.80. The molecule has 5 aromatic rings. The largest absolute Gasteiger partial charge is 0.298 e. The zero-order valence-electron chi connectivity index (χ0n) is 18.5. The number of hydrogen-bond acceptors (Lipinski definition) is 6. The lowest BCUT2D eigenvalue weighted by molar-refractivity contribution is 0.628. The summed E-state index contributed by atoms with van der Waals surface area (Å²) in [6, 6.07) is 25.2. The van der Waals surface area contributed by atoms with Crippen molar-refractivity contribution in [3.63, 3.8) is 0 Å². The van der Waals surface area contributed by atoms with E-state index in [1.54, 1.807) is 30.3 Å². The van der Waals surface area contributed by atoms with Gasteiger partial charge >= 0.3 is 0 Å². The molecule has 0 aliphatic rings. The van der Waals surface area contributed by atoms with Crippen LogP contribution in [0.2, 0.25) is 0 Å². The summed E-state index contributed by atoms with van der Waals surface area (Å²) in [7, 11) is 0. The lowest BCUT2D eigenvalue weighted by Gasteiger charge is -2.12. The molecule has 0 aliphatic heterocycles. The molecule has 5 rings (SSSR count). The van der Waals surface area contributed by atoms with E-state index >= 15 is 0 Å². The minimum atomic E-state index is -0.324. The first-order valence-corrected chi connectivity index (χ1v) is 11.8. The van der Waals surface area contributed by atoms with Gasteiger partial charge in [-0.3, -0.25) is 13.9 Å². The second kappa shape index (κ2) is 9.91. The van der Waals surface area contributed by atoms with Crippen molar-refractivity contribution in [1.82, 2.24) is 24.3 Å². The first-order chi connectivity index (χ1) is 17.1. The Morgan fingerprint density at radius 3 is 2.43 bits per heavy atom. The maximum Gasteiger partial charge on any atom is 0.262 e. The van der Waals surface area contributed by atoms with E-state index in [1.165, 1.54) is 28.5 Å². The fourth-order valence-corrected chi connectivity index (χ4v) is 4.69. The highest BCUT2D eigenvalue weighted by atomic mass is 32.2. The van der Waals surface area contributed by atoms with Gasteiger partial charge in [-0.2, -0.15) is 5.26 Å². The molecule has 0 spiro atoms. The molecule has 7 nitrogen and oxygen atoms in total. The Labute approximate surface area is 204 Å². The SMILES string of the molecule is N#CCn1c(CSc2nnc(-c3ccc(F)cc3)n2Cc2ccccc2)nc2ccccc2c1=O. The monoisotopic (exact) mass is 482 g/mol. The average molecular weight is 483 g/mol. The molecule has 3 aromatic carbocycles. The van der Waals surface area contributed by atoms with Crippen LogP contribution in [0.5, 0.6) is 0 Å². The molecule has 0 saturated carbocycles. The van der Waals surface area contributed by atoms with Crippen LogP contribution >= 0.6 is 11.8 Å². The van der Waals surface area contributed by atoms with Gasteiger partial charge in [-0.15, -0.1) is 10.2 Å². The van der Waals surface area contributed by atoms with E-state index in [-0.39, 0.29) is 17.9 Å². The molecule has 0 aliphatic carbocycles. The number of hydrogen-bond donors (Lipinski definition) is 0. The molecule has 172 valence electrons. The Kier molecular flexibility index (Phi) is 6.37. The molecular weight excluding hydrogens is 463 g/mol. The first-order valence-electron chi connectivity index (χ1n) is 10.9. The van der Waals surface area contributed by atoms with E-state index in [0.717, 1.165) is 11.1 Å². The molecule has 0 amide bonds. The quantitative estimate of drug-likeness (QED) is 0.314. The van der Waals surface area contributed by atoms with Gasteiger partial charge in [0.25, 0.3) is 5.56 Å². The summed E-state index contributed by atoms with van der Waals surface area (Å²) < 4.78 is 16.9.